The molecule has 0 aliphatic heterocycles. The smallest absolute Gasteiger partial charge is 0.295 e. The summed E-state index contributed by atoms with van der Waals surface area (Å²) in [6, 6.07) is 21.2. The molecule has 0 aliphatic rings. The highest BCUT2D eigenvalue weighted by molar-refractivity contribution is 7.92. The van der Waals surface area contributed by atoms with Gasteiger partial charge < -0.3 is 5.32 Å². The molecular formula is C25H23N5O6S. The van der Waals surface area contributed by atoms with E-state index in [-0.39, 0.29) is 22.0 Å². The number of nitrogens with zero attached hydrogens (tertiary/aromatic N) is 4. The van der Waals surface area contributed by atoms with Crippen LogP contribution in [0.2, 0.25) is 0 Å². The lowest BCUT2D eigenvalue weighted by molar-refractivity contribution is -0.384. The molecule has 190 valence electrons. The van der Waals surface area contributed by atoms with Gasteiger partial charge in [-0.1, -0.05) is 42.5 Å². The summed E-state index contributed by atoms with van der Waals surface area (Å²) >= 11 is 0. The first-order chi connectivity index (χ1) is 17.6. The number of sulfonamides is 1. The lowest BCUT2D eigenvalue weighted by atomic mass is 10.3. The lowest BCUT2D eigenvalue weighted by Crippen LogP contribution is -2.38. The van der Waals surface area contributed by atoms with E-state index in [9.17, 15) is 28.1 Å². The van der Waals surface area contributed by atoms with Crippen molar-refractivity contribution in [1.82, 2.24) is 9.36 Å². The molecule has 1 amide bonds. The van der Waals surface area contributed by atoms with Gasteiger partial charge >= 0.3 is 0 Å². The number of carbonyl (C=O) groups is 1. The van der Waals surface area contributed by atoms with Crippen molar-refractivity contribution in [3.8, 4) is 5.69 Å². The molecule has 3 aromatic carbocycles. The van der Waals surface area contributed by atoms with E-state index >= 15 is 0 Å². The highest BCUT2D eigenvalue weighted by atomic mass is 32.2. The molecule has 0 saturated carbocycles. The average Bonchev–Trinajstić information content (AvgIpc) is 3.11. The Morgan fingerprint density at radius 2 is 1.62 bits per heavy atom. The van der Waals surface area contributed by atoms with Crippen molar-refractivity contribution < 1.29 is 18.1 Å². The van der Waals surface area contributed by atoms with Crippen molar-refractivity contribution in [3.63, 3.8) is 0 Å². The van der Waals surface area contributed by atoms with Gasteiger partial charge in [0.15, 0.2) is 0 Å². The molecule has 0 saturated heterocycles. The zero-order valence-electron chi connectivity index (χ0n) is 19.9. The van der Waals surface area contributed by atoms with Gasteiger partial charge in [0.2, 0.25) is 5.91 Å². The Morgan fingerprint density at radius 3 is 2.24 bits per heavy atom. The fraction of sp³-hybridized carbons (Fsp3) is 0.120. The Labute approximate surface area is 212 Å². The van der Waals surface area contributed by atoms with Gasteiger partial charge in [0.1, 0.15) is 12.2 Å². The standard InChI is InChI=1S/C25H23N5O6S/c1-18-24(25(32)29(27(18)2)19-10-5-3-6-11-19)26-23(31)17-28(20-12-9-13-21(16-20)30(33)34)37(35,36)22-14-7-4-8-15-22/h3-16H,17H2,1-2H3,(H,26,31). The summed E-state index contributed by atoms with van der Waals surface area (Å²) in [6.45, 7) is 0.924. The van der Waals surface area contributed by atoms with E-state index in [0.717, 1.165) is 10.4 Å². The Morgan fingerprint density at radius 1 is 1.00 bits per heavy atom. The molecule has 1 heterocycles. The van der Waals surface area contributed by atoms with Gasteiger partial charge in [-0.25, -0.2) is 13.1 Å². The van der Waals surface area contributed by atoms with Crippen LogP contribution in [0.4, 0.5) is 17.1 Å². The largest absolute Gasteiger partial charge is 0.318 e. The molecule has 1 aromatic heterocycles. The van der Waals surface area contributed by atoms with Crippen LogP contribution in [0.1, 0.15) is 5.69 Å². The number of carbonyl (C=O) groups excluding carboxylic acids is 1. The van der Waals surface area contributed by atoms with Gasteiger partial charge in [-0.05, 0) is 37.3 Å². The van der Waals surface area contributed by atoms with Crippen molar-refractivity contribution >= 4 is 33.0 Å². The van der Waals surface area contributed by atoms with Crippen LogP contribution in [-0.2, 0) is 21.9 Å². The molecule has 0 atom stereocenters. The Balaban J connectivity index is 1.72. The number of amides is 1. The zero-order valence-corrected chi connectivity index (χ0v) is 20.8. The van der Waals surface area contributed by atoms with E-state index < -0.39 is 33.0 Å². The molecule has 0 radical (unpaired) electrons. The molecule has 0 bridgehead atoms. The molecule has 0 spiro atoms. The molecule has 1 N–H and O–H groups in total. The van der Waals surface area contributed by atoms with Crippen molar-refractivity contribution in [2.24, 2.45) is 7.05 Å². The van der Waals surface area contributed by atoms with Gasteiger partial charge in [-0.2, -0.15) is 0 Å². The molecule has 0 fully saturated rings. The Bertz CT molecular complexity index is 1630. The fourth-order valence-corrected chi connectivity index (χ4v) is 5.25. The van der Waals surface area contributed by atoms with Crippen molar-refractivity contribution in [3.05, 3.63) is 111 Å². The van der Waals surface area contributed by atoms with Crippen molar-refractivity contribution in [1.29, 1.82) is 0 Å². The molecule has 11 nitrogen and oxygen atoms in total. The third-order valence-electron chi connectivity index (χ3n) is 5.77. The second-order valence-corrected chi connectivity index (χ2v) is 9.95. The van der Waals surface area contributed by atoms with Crippen LogP contribution in [0, 0.1) is 17.0 Å². The Hall–Kier alpha value is -4.71. The number of non-ortho nitro benzene ring substituents is 1. The summed E-state index contributed by atoms with van der Waals surface area (Å²) in [5.41, 5.74) is 0.133. The van der Waals surface area contributed by atoms with Gasteiger partial charge in [-0.15, -0.1) is 0 Å². The SMILES string of the molecule is Cc1c(NC(=O)CN(c2cccc([N+](=O)[O-])c2)S(=O)(=O)c2ccccc2)c(=O)n(-c2ccccc2)n1C. The number of nitrogens with one attached hydrogen (secondary N) is 1. The van der Waals surface area contributed by atoms with Crippen molar-refractivity contribution in [2.75, 3.05) is 16.2 Å². The Kier molecular flexibility index (Phi) is 6.94. The molecule has 0 aliphatic carbocycles. The molecule has 4 rings (SSSR count). The number of anilines is 2. The number of nitro benzene ring substituents is 1. The van der Waals surface area contributed by atoms with E-state index in [1.54, 1.807) is 49.0 Å². The number of benzene rings is 3. The number of nitro groups is 1. The van der Waals surface area contributed by atoms with E-state index in [0.29, 0.717) is 11.4 Å². The van der Waals surface area contributed by atoms with Crippen LogP contribution >= 0.6 is 0 Å². The fourth-order valence-electron chi connectivity index (χ4n) is 3.82. The topological polar surface area (TPSA) is 137 Å². The van der Waals surface area contributed by atoms with Crippen LogP contribution < -0.4 is 15.2 Å². The average molecular weight is 522 g/mol. The molecule has 12 heteroatoms. The van der Waals surface area contributed by atoms with Crippen LogP contribution in [0.15, 0.2) is 94.6 Å². The predicted molar refractivity (Wildman–Crippen MR) is 138 cm³/mol. The predicted octanol–water partition coefficient (Wildman–Crippen LogP) is 3.23. The number of para-hydroxylation sites is 1. The summed E-state index contributed by atoms with van der Waals surface area (Å²) in [4.78, 5) is 36.9. The monoisotopic (exact) mass is 521 g/mol. The number of aromatic nitrogens is 2. The van der Waals surface area contributed by atoms with E-state index in [1.807, 2.05) is 6.07 Å². The zero-order chi connectivity index (χ0) is 26.7. The third kappa shape index (κ3) is 5.00. The molecule has 4 aromatic rings. The minimum atomic E-state index is -4.29. The maximum Gasteiger partial charge on any atom is 0.295 e. The second-order valence-electron chi connectivity index (χ2n) is 8.09. The van der Waals surface area contributed by atoms with Crippen LogP contribution in [0.25, 0.3) is 5.69 Å². The number of rotatable bonds is 8. The maximum atomic E-state index is 13.5. The van der Waals surface area contributed by atoms with Gasteiger partial charge in [0, 0.05) is 19.2 Å². The first-order valence-electron chi connectivity index (χ1n) is 11.1. The number of hydrogen-bond acceptors (Lipinski definition) is 6. The quantitative estimate of drug-likeness (QED) is 0.279. The van der Waals surface area contributed by atoms with Gasteiger partial charge in [0.25, 0.3) is 21.3 Å². The third-order valence-corrected chi connectivity index (χ3v) is 7.55. The lowest BCUT2D eigenvalue weighted by Gasteiger charge is -2.23. The maximum absolute atomic E-state index is 13.5. The summed E-state index contributed by atoms with van der Waals surface area (Å²) in [7, 11) is -2.63. The minimum absolute atomic E-state index is 0.00699. The normalized spacial score (nSPS) is 11.2. The van der Waals surface area contributed by atoms with E-state index in [1.165, 1.54) is 47.1 Å². The van der Waals surface area contributed by atoms with E-state index in [4.69, 9.17) is 0 Å². The van der Waals surface area contributed by atoms with Crippen LogP contribution in [-0.4, -0.2) is 35.2 Å². The first kappa shape index (κ1) is 25.4. The molecular weight excluding hydrogens is 498 g/mol. The number of hydrogen-bond donors (Lipinski definition) is 1. The van der Waals surface area contributed by atoms with Crippen LogP contribution in [0.5, 0.6) is 0 Å². The molecule has 37 heavy (non-hydrogen) atoms. The summed E-state index contributed by atoms with van der Waals surface area (Å²) < 4.78 is 30.7. The second kappa shape index (κ2) is 10.1. The summed E-state index contributed by atoms with van der Waals surface area (Å²) in [5.74, 6) is -0.794. The highest BCUT2D eigenvalue weighted by Gasteiger charge is 2.29. The molecule has 0 unspecified atom stereocenters. The summed E-state index contributed by atoms with van der Waals surface area (Å²) in [5, 5.41) is 13.8. The van der Waals surface area contributed by atoms with Gasteiger partial charge in [-0.3, -0.25) is 28.7 Å². The van der Waals surface area contributed by atoms with Crippen LogP contribution in [0.3, 0.4) is 0 Å². The summed E-state index contributed by atoms with van der Waals surface area (Å²) in [6.07, 6.45) is 0. The van der Waals surface area contributed by atoms with Crippen molar-refractivity contribution in [2.45, 2.75) is 11.8 Å². The highest BCUT2D eigenvalue weighted by Crippen LogP contribution is 2.27. The first-order valence-corrected chi connectivity index (χ1v) is 12.5. The van der Waals surface area contributed by atoms with Gasteiger partial charge in [0.05, 0.1) is 26.9 Å². The van der Waals surface area contributed by atoms with E-state index in [2.05, 4.69) is 5.32 Å². The minimum Gasteiger partial charge on any atom is -0.318 e.